The molecule has 0 radical (unpaired) electrons. The number of rotatable bonds is 3. The Morgan fingerprint density at radius 3 is 2.05 bits per heavy atom. The highest BCUT2D eigenvalue weighted by molar-refractivity contribution is 5.90. The van der Waals surface area contributed by atoms with Crippen molar-refractivity contribution in [3.05, 3.63) is 53.3 Å². The molecule has 0 aliphatic heterocycles. The summed E-state index contributed by atoms with van der Waals surface area (Å²) >= 11 is 0. The molecule has 0 aliphatic rings. The van der Waals surface area contributed by atoms with Gasteiger partial charge in [0.05, 0.1) is 12.7 Å². The molecular formula is C14H9F3O3. The number of hydrogen-bond donors (Lipinski definition) is 1. The summed E-state index contributed by atoms with van der Waals surface area (Å²) in [5, 5.41) is 8.97. The molecule has 0 unspecified atom stereocenters. The van der Waals surface area contributed by atoms with E-state index < -0.39 is 23.4 Å². The van der Waals surface area contributed by atoms with Crippen molar-refractivity contribution < 1.29 is 27.8 Å². The zero-order valence-electron chi connectivity index (χ0n) is 10.3. The molecule has 6 heteroatoms. The van der Waals surface area contributed by atoms with Crippen LogP contribution in [-0.2, 0) is 0 Å². The van der Waals surface area contributed by atoms with Crippen molar-refractivity contribution in [3.63, 3.8) is 0 Å². The van der Waals surface area contributed by atoms with Crippen molar-refractivity contribution in [1.29, 1.82) is 0 Å². The molecule has 2 aromatic rings. The number of carbonyl (C=O) groups is 1. The minimum absolute atomic E-state index is 0.0165. The van der Waals surface area contributed by atoms with Crippen LogP contribution in [0.15, 0.2) is 30.3 Å². The van der Waals surface area contributed by atoms with E-state index in [9.17, 15) is 18.0 Å². The van der Waals surface area contributed by atoms with E-state index in [4.69, 9.17) is 9.84 Å². The summed E-state index contributed by atoms with van der Waals surface area (Å²) in [4.78, 5) is 11.0. The minimum atomic E-state index is -1.57. The van der Waals surface area contributed by atoms with Crippen LogP contribution in [-0.4, -0.2) is 18.2 Å². The normalized spacial score (nSPS) is 10.4. The van der Waals surface area contributed by atoms with E-state index in [0.29, 0.717) is 0 Å². The largest absolute Gasteiger partial charge is 0.497 e. The van der Waals surface area contributed by atoms with Crippen LogP contribution in [0.1, 0.15) is 10.4 Å². The lowest BCUT2D eigenvalue weighted by molar-refractivity contribution is 0.0696. The Morgan fingerprint density at radius 2 is 1.55 bits per heavy atom. The number of benzene rings is 2. The number of hydrogen-bond acceptors (Lipinski definition) is 2. The lowest BCUT2D eigenvalue weighted by atomic mass is 10.0. The predicted octanol–water partition coefficient (Wildman–Crippen LogP) is 3.48. The predicted molar refractivity (Wildman–Crippen MR) is 65.3 cm³/mol. The minimum Gasteiger partial charge on any atom is -0.497 e. The molecule has 0 atom stereocenters. The van der Waals surface area contributed by atoms with Gasteiger partial charge in [-0.25, -0.2) is 18.0 Å². The average molecular weight is 282 g/mol. The fraction of sp³-hybridized carbons (Fsp3) is 0.0714. The van der Waals surface area contributed by atoms with Gasteiger partial charge in [0.25, 0.3) is 0 Å². The maximum absolute atomic E-state index is 13.2. The van der Waals surface area contributed by atoms with Gasteiger partial charge in [0.15, 0.2) is 17.5 Å². The molecule has 20 heavy (non-hydrogen) atoms. The Bertz CT molecular complexity index is 660. The Hall–Kier alpha value is -2.50. The molecule has 0 bridgehead atoms. The van der Waals surface area contributed by atoms with Gasteiger partial charge in [0.1, 0.15) is 5.75 Å². The zero-order chi connectivity index (χ0) is 14.9. The van der Waals surface area contributed by atoms with Crippen LogP contribution in [0.5, 0.6) is 5.75 Å². The van der Waals surface area contributed by atoms with Crippen molar-refractivity contribution in [2.45, 2.75) is 0 Å². The van der Waals surface area contributed by atoms with Gasteiger partial charge in [-0.05, 0) is 41.5 Å². The Balaban J connectivity index is 2.62. The summed E-state index contributed by atoms with van der Waals surface area (Å²) in [6.07, 6.45) is 0. The highest BCUT2D eigenvalue weighted by atomic mass is 19.2. The van der Waals surface area contributed by atoms with Gasteiger partial charge < -0.3 is 9.84 Å². The molecule has 0 saturated carbocycles. The Kier molecular flexibility index (Phi) is 3.65. The van der Waals surface area contributed by atoms with Gasteiger partial charge in [-0.15, -0.1) is 0 Å². The molecule has 0 heterocycles. The summed E-state index contributed by atoms with van der Waals surface area (Å²) in [5.74, 6) is -5.27. The summed E-state index contributed by atoms with van der Waals surface area (Å²) in [6.45, 7) is 0. The topological polar surface area (TPSA) is 46.5 Å². The van der Waals surface area contributed by atoms with E-state index >= 15 is 0 Å². The third-order valence-electron chi connectivity index (χ3n) is 2.71. The maximum atomic E-state index is 13.2. The van der Waals surface area contributed by atoms with Gasteiger partial charge in [-0.1, -0.05) is 0 Å². The number of aromatic carboxylic acids is 1. The molecule has 0 spiro atoms. The fourth-order valence-electron chi connectivity index (χ4n) is 1.73. The number of methoxy groups -OCH3 is 1. The first-order valence-corrected chi connectivity index (χ1v) is 5.49. The quantitative estimate of drug-likeness (QED) is 0.877. The second-order valence-corrected chi connectivity index (χ2v) is 4.01. The van der Waals surface area contributed by atoms with Gasteiger partial charge in [-0.2, -0.15) is 0 Å². The van der Waals surface area contributed by atoms with Gasteiger partial charge in [-0.3, -0.25) is 0 Å². The summed E-state index contributed by atoms with van der Waals surface area (Å²) < 4.78 is 44.2. The molecule has 3 nitrogen and oxygen atoms in total. The SMILES string of the molecule is COc1cc(C(=O)O)cc(-c2cc(F)c(F)c(F)c2)c1. The molecule has 0 amide bonds. The van der Waals surface area contributed by atoms with Crippen LogP contribution >= 0.6 is 0 Å². The zero-order valence-corrected chi connectivity index (χ0v) is 10.3. The fourth-order valence-corrected chi connectivity index (χ4v) is 1.73. The van der Waals surface area contributed by atoms with E-state index in [-0.39, 0.29) is 22.4 Å². The number of carboxylic acid groups (broad SMARTS) is 1. The molecule has 0 aromatic heterocycles. The van der Waals surface area contributed by atoms with Gasteiger partial charge >= 0.3 is 5.97 Å². The van der Waals surface area contributed by atoms with Crippen molar-refractivity contribution >= 4 is 5.97 Å². The second-order valence-electron chi connectivity index (χ2n) is 4.01. The lowest BCUT2D eigenvalue weighted by Crippen LogP contribution is -1.98. The van der Waals surface area contributed by atoms with Gasteiger partial charge in [0.2, 0.25) is 0 Å². The van der Waals surface area contributed by atoms with Crippen LogP contribution in [0.3, 0.4) is 0 Å². The van der Waals surface area contributed by atoms with Crippen LogP contribution in [0.25, 0.3) is 11.1 Å². The molecule has 2 rings (SSSR count). The highest BCUT2D eigenvalue weighted by Gasteiger charge is 2.14. The molecule has 0 aliphatic carbocycles. The molecule has 0 saturated heterocycles. The first-order valence-electron chi connectivity index (χ1n) is 5.49. The second kappa shape index (κ2) is 5.24. The van der Waals surface area contributed by atoms with E-state index in [1.807, 2.05) is 0 Å². The van der Waals surface area contributed by atoms with Crippen molar-refractivity contribution in [1.82, 2.24) is 0 Å². The highest BCUT2D eigenvalue weighted by Crippen LogP contribution is 2.28. The summed E-state index contributed by atoms with van der Waals surface area (Å²) in [6, 6.07) is 5.47. The Labute approximate surface area is 112 Å². The molecular weight excluding hydrogens is 273 g/mol. The average Bonchev–Trinajstić information content (AvgIpc) is 2.43. The maximum Gasteiger partial charge on any atom is 0.335 e. The van der Waals surface area contributed by atoms with Gasteiger partial charge in [0, 0.05) is 0 Å². The van der Waals surface area contributed by atoms with E-state index in [0.717, 1.165) is 12.1 Å². The molecule has 1 N–H and O–H groups in total. The van der Waals surface area contributed by atoms with Crippen molar-refractivity contribution in [3.8, 4) is 16.9 Å². The first kappa shape index (κ1) is 13.9. The Morgan fingerprint density at radius 1 is 1.00 bits per heavy atom. The van der Waals surface area contributed by atoms with Crippen LogP contribution < -0.4 is 4.74 Å². The number of carboxylic acids is 1. The summed E-state index contributed by atoms with van der Waals surface area (Å²) in [5.41, 5.74) is 0.117. The van der Waals surface area contributed by atoms with Crippen molar-refractivity contribution in [2.75, 3.05) is 7.11 Å². The monoisotopic (exact) mass is 282 g/mol. The molecule has 0 fully saturated rings. The standard InChI is InChI=1S/C14H9F3O3/c1-20-10-3-7(2-9(4-10)14(18)19)8-5-11(15)13(17)12(16)6-8/h2-6H,1H3,(H,18,19). The number of halogens is 3. The van der Waals surface area contributed by atoms with E-state index in [1.54, 1.807) is 0 Å². The lowest BCUT2D eigenvalue weighted by Gasteiger charge is -2.08. The first-order chi connectivity index (χ1) is 9.42. The summed E-state index contributed by atoms with van der Waals surface area (Å²) in [7, 11) is 1.33. The van der Waals surface area contributed by atoms with Crippen molar-refractivity contribution in [2.24, 2.45) is 0 Å². The van der Waals surface area contributed by atoms with Crippen LogP contribution in [0, 0.1) is 17.5 Å². The van der Waals surface area contributed by atoms with Crippen LogP contribution in [0.4, 0.5) is 13.2 Å². The van der Waals surface area contributed by atoms with E-state index in [1.165, 1.54) is 25.3 Å². The third-order valence-corrected chi connectivity index (χ3v) is 2.71. The number of ether oxygens (including phenoxy) is 1. The molecule has 104 valence electrons. The molecule has 2 aromatic carbocycles. The van der Waals surface area contributed by atoms with Crippen LogP contribution in [0.2, 0.25) is 0 Å². The smallest absolute Gasteiger partial charge is 0.335 e. The van der Waals surface area contributed by atoms with E-state index in [2.05, 4.69) is 0 Å². The third kappa shape index (κ3) is 2.59.